The molecule has 142 valence electrons. The predicted molar refractivity (Wildman–Crippen MR) is 110 cm³/mol. The van der Waals surface area contributed by atoms with Crippen LogP contribution in [-0.4, -0.2) is 0 Å². The molecule has 0 fully saturated rings. The fourth-order valence-corrected chi connectivity index (χ4v) is 5.65. The molecule has 0 amide bonds. The highest BCUT2D eigenvalue weighted by atomic mass is 32.1. The van der Waals surface area contributed by atoms with Crippen molar-refractivity contribution in [3.8, 4) is 46.5 Å². The predicted octanol–water partition coefficient (Wildman–Crippen LogP) is 5.69. The lowest BCUT2D eigenvalue weighted by molar-refractivity contribution is 0.627. The van der Waals surface area contributed by atoms with Crippen LogP contribution in [0.1, 0.15) is 20.9 Å². The topological polar surface area (TPSA) is 95.2 Å². The third kappa shape index (κ3) is 2.33. The van der Waals surface area contributed by atoms with E-state index < -0.39 is 11.6 Å². The molecule has 0 saturated carbocycles. The highest BCUT2D eigenvalue weighted by Crippen LogP contribution is 2.61. The summed E-state index contributed by atoms with van der Waals surface area (Å²) >= 11 is 1.21. The largest absolute Gasteiger partial charge is 0.207 e. The second kappa shape index (κ2) is 6.48. The molecule has 7 heteroatoms. The van der Waals surface area contributed by atoms with Gasteiger partial charge < -0.3 is 0 Å². The number of hydrogen-bond donors (Lipinski definition) is 0. The van der Waals surface area contributed by atoms with E-state index in [2.05, 4.69) is 0 Å². The lowest BCUT2D eigenvalue weighted by atomic mass is 9.98. The van der Waals surface area contributed by atoms with Gasteiger partial charge in [-0.1, -0.05) is 12.1 Å². The summed E-state index contributed by atoms with van der Waals surface area (Å²) in [7, 11) is 0. The lowest BCUT2D eigenvalue weighted by Crippen LogP contribution is -1.89. The van der Waals surface area contributed by atoms with Crippen molar-refractivity contribution in [1.82, 2.24) is 0 Å². The van der Waals surface area contributed by atoms with Gasteiger partial charge in [-0.15, -0.1) is 11.3 Å². The number of thiophene rings is 1. The number of fused-ring (bicyclic) bond motifs is 7. The van der Waals surface area contributed by atoms with E-state index in [0.717, 1.165) is 0 Å². The van der Waals surface area contributed by atoms with Crippen molar-refractivity contribution in [2.45, 2.75) is 0 Å². The molecule has 5 rings (SSSR count). The van der Waals surface area contributed by atoms with Gasteiger partial charge in [0.1, 0.15) is 47.1 Å². The van der Waals surface area contributed by atoms with Gasteiger partial charge in [-0.25, -0.2) is 8.78 Å². The summed E-state index contributed by atoms with van der Waals surface area (Å²) in [5, 5.41) is 38.0. The number of rotatable bonds is 0. The molecule has 0 atom stereocenters. The van der Waals surface area contributed by atoms with Crippen molar-refractivity contribution in [2.24, 2.45) is 0 Å². The van der Waals surface area contributed by atoms with Crippen molar-refractivity contribution >= 4 is 22.5 Å². The van der Waals surface area contributed by atoms with E-state index in [4.69, 9.17) is 0 Å². The normalized spacial score (nSPS) is 11.9. The first-order chi connectivity index (χ1) is 15.0. The summed E-state index contributed by atoms with van der Waals surface area (Å²) < 4.78 is 28.1. The second-order valence-corrected chi connectivity index (χ2v) is 7.86. The first-order valence-corrected chi connectivity index (χ1v) is 9.72. The molecule has 2 aromatic carbocycles. The van der Waals surface area contributed by atoms with Crippen LogP contribution < -0.4 is 0 Å². The van der Waals surface area contributed by atoms with E-state index in [1.807, 2.05) is 24.3 Å². The van der Waals surface area contributed by atoms with E-state index in [9.17, 15) is 29.8 Å². The Bertz CT molecular complexity index is 1440. The molecule has 2 aliphatic carbocycles. The molecule has 4 nitrogen and oxygen atoms in total. The number of hydrogen-bond acceptors (Lipinski definition) is 5. The maximum atomic E-state index is 14.0. The summed E-state index contributed by atoms with van der Waals surface area (Å²) in [4.78, 5) is 1.18. The SMILES string of the molecule is N#CC(C#N)=C1c2cc(F)ccc2-c2c1sc1c2-c2ccc(F)cc2C1=C(C#N)C#N. The smallest absolute Gasteiger partial charge is 0.138 e. The van der Waals surface area contributed by atoms with Crippen LogP contribution in [0.25, 0.3) is 33.4 Å². The monoisotopic (exact) mass is 420 g/mol. The molecular weight excluding hydrogens is 414 g/mol. The van der Waals surface area contributed by atoms with E-state index in [-0.39, 0.29) is 11.1 Å². The molecule has 0 N–H and O–H groups in total. The Hall–Kier alpha value is -4.56. The Morgan fingerprint density at radius 2 is 1.00 bits per heavy atom. The van der Waals surface area contributed by atoms with Gasteiger partial charge in [0.05, 0.1) is 0 Å². The minimum atomic E-state index is -0.502. The Kier molecular flexibility index (Phi) is 3.86. The summed E-state index contributed by atoms with van der Waals surface area (Å²) in [6, 6.07) is 15.8. The van der Waals surface area contributed by atoms with Crippen LogP contribution in [0.5, 0.6) is 0 Å². The van der Waals surface area contributed by atoms with Crippen molar-refractivity contribution in [1.29, 1.82) is 21.0 Å². The first kappa shape index (κ1) is 18.5. The highest BCUT2D eigenvalue weighted by molar-refractivity contribution is 7.16. The van der Waals surface area contributed by atoms with Crippen molar-refractivity contribution in [2.75, 3.05) is 0 Å². The minimum absolute atomic E-state index is 0.156. The maximum absolute atomic E-state index is 14.0. The Morgan fingerprint density at radius 1 is 0.613 bits per heavy atom. The average Bonchev–Trinajstić information content (AvgIpc) is 3.37. The zero-order valence-corrected chi connectivity index (χ0v) is 16.2. The molecule has 0 saturated heterocycles. The van der Waals surface area contributed by atoms with Gasteiger partial charge in [0, 0.05) is 32.0 Å². The van der Waals surface area contributed by atoms with Gasteiger partial charge in [-0.05, 0) is 46.5 Å². The van der Waals surface area contributed by atoms with Crippen LogP contribution in [0.4, 0.5) is 8.78 Å². The molecule has 2 aliphatic rings. The first-order valence-electron chi connectivity index (χ1n) is 8.91. The van der Waals surface area contributed by atoms with E-state index in [0.29, 0.717) is 54.3 Å². The molecule has 0 bridgehead atoms. The van der Waals surface area contributed by atoms with Crippen molar-refractivity contribution < 1.29 is 8.78 Å². The summed E-state index contributed by atoms with van der Waals surface area (Å²) in [5.74, 6) is -1.00. The Balaban J connectivity index is 1.99. The number of halogens is 2. The molecule has 0 aliphatic heterocycles. The zero-order chi connectivity index (χ0) is 21.9. The molecule has 3 aromatic rings. The van der Waals surface area contributed by atoms with Crippen LogP contribution in [0, 0.1) is 57.0 Å². The van der Waals surface area contributed by atoms with Crippen LogP contribution >= 0.6 is 11.3 Å². The third-order valence-corrected chi connectivity index (χ3v) is 6.57. The zero-order valence-electron chi connectivity index (χ0n) is 15.4. The summed E-state index contributed by atoms with van der Waals surface area (Å²) in [5.41, 5.74) is 3.86. The number of benzene rings is 2. The molecule has 0 radical (unpaired) electrons. The van der Waals surface area contributed by atoms with Gasteiger partial charge in [-0.3, -0.25) is 0 Å². The minimum Gasteiger partial charge on any atom is -0.207 e. The highest BCUT2D eigenvalue weighted by Gasteiger charge is 2.39. The fraction of sp³-hybridized carbons (Fsp3) is 0. The molecular formula is C24H6F2N4S. The van der Waals surface area contributed by atoms with Crippen LogP contribution in [-0.2, 0) is 0 Å². The quantitative estimate of drug-likeness (QED) is 0.301. The van der Waals surface area contributed by atoms with Crippen molar-refractivity contribution in [3.05, 3.63) is 80.1 Å². The lowest BCUT2D eigenvalue weighted by Gasteiger charge is -2.04. The molecule has 1 aromatic heterocycles. The van der Waals surface area contributed by atoms with Crippen molar-refractivity contribution in [3.63, 3.8) is 0 Å². The van der Waals surface area contributed by atoms with Crippen LogP contribution in [0.3, 0.4) is 0 Å². The molecule has 1 heterocycles. The van der Waals surface area contributed by atoms with Crippen LogP contribution in [0.15, 0.2) is 47.5 Å². The molecule has 0 unspecified atom stereocenters. The van der Waals surface area contributed by atoms with Gasteiger partial charge in [-0.2, -0.15) is 21.0 Å². The fourth-order valence-electron chi connectivity index (χ4n) is 4.19. The molecule has 31 heavy (non-hydrogen) atoms. The second-order valence-electron chi connectivity index (χ2n) is 6.84. The van der Waals surface area contributed by atoms with E-state index >= 15 is 0 Å². The van der Waals surface area contributed by atoms with E-state index in [1.54, 1.807) is 12.1 Å². The van der Waals surface area contributed by atoms with E-state index in [1.165, 1.54) is 35.6 Å². The number of allylic oxidation sites excluding steroid dienone is 2. The van der Waals surface area contributed by atoms with Gasteiger partial charge in [0.25, 0.3) is 0 Å². The summed E-state index contributed by atoms with van der Waals surface area (Å²) in [6.07, 6.45) is 0. The average molecular weight is 420 g/mol. The Labute approximate surface area is 179 Å². The third-order valence-electron chi connectivity index (χ3n) is 5.35. The number of nitrogens with zero attached hydrogens (tertiary/aromatic N) is 4. The van der Waals surface area contributed by atoms with Gasteiger partial charge in [0.15, 0.2) is 0 Å². The van der Waals surface area contributed by atoms with Crippen LogP contribution in [0.2, 0.25) is 0 Å². The van der Waals surface area contributed by atoms with Gasteiger partial charge in [0.2, 0.25) is 0 Å². The standard InChI is InChI=1S/C24H6F2N4S/c25-13-1-3-15-17(5-13)19(11(7-27)8-28)23-21(15)22-16-4-2-14(26)6-18(16)20(24(22)31-23)12(9-29)10-30/h1-6H. The van der Waals surface area contributed by atoms with Gasteiger partial charge >= 0.3 is 0 Å². The molecule has 0 spiro atoms. The summed E-state index contributed by atoms with van der Waals surface area (Å²) in [6.45, 7) is 0. The maximum Gasteiger partial charge on any atom is 0.138 e. The Morgan fingerprint density at radius 3 is 1.35 bits per heavy atom. The number of nitriles is 4.